The summed E-state index contributed by atoms with van der Waals surface area (Å²) in [7, 11) is 0. The summed E-state index contributed by atoms with van der Waals surface area (Å²) in [6.07, 6.45) is 10.4. The van der Waals surface area contributed by atoms with Crippen LogP contribution in [0.15, 0.2) is 10.9 Å². The SMILES string of the molecule is CCCCCCC/C=C/[As]. The molecule has 10 heavy (non-hydrogen) atoms. The van der Waals surface area contributed by atoms with E-state index in [0.717, 1.165) is 0 Å². The van der Waals surface area contributed by atoms with Crippen LogP contribution in [0, 0.1) is 0 Å². The van der Waals surface area contributed by atoms with Gasteiger partial charge in [-0.25, -0.2) is 0 Å². The molecule has 0 N–H and O–H groups in total. The van der Waals surface area contributed by atoms with Crippen molar-refractivity contribution in [3.8, 4) is 0 Å². The van der Waals surface area contributed by atoms with E-state index >= 15 is 0 Å². The fraction of sp³-hybridized carbons (Fsp3) is 0.778. The average Bonchev–Trinajstić information content (AvgIpc) is 1.97. The fourth-order valence-corrected chi connectivity index (χ4v) is 1.25. The molecule has 0 saturated carbocycles. The Balaban J connectivity index is 2.77. The third-order valence-electron chi connectivity index (χ3n) is 1.58. The van der Waals surface area contributed by atoms with Gasteiger partial charge in [0.1, 0.15) is 0 Å². The maximum atomic E-state index is 2.48. The third-order valence-corrected chi connectivity index (χ3v) is 2.02. The zero-order valence-corrected chi connectivity index (χ0v) is 8.72. The van der Waals surface area contributed by atoms with Gasteiger partial charge >= 0.3 is 73.2 Å². The first-order valence-electron chi connectivity index (χ1n) is 4.21. The van der Waals surface area contributed by atoms with Crippen LogP contribution >= 0.6 is 0 Å². The van der Waals surface area contributed by atoms with Gasteiger partial charge in [-0.05, 0) is 0 Å². The molecule has 0 nitrogen and oxygen atoms in total. The van der Waals surface area contributed by atoms with E-state index in [1.165, 1.54) is 38.5 Å². The van der Waals surface area contributed by atoms with E-state index < -0.39 is 0 Å². The zero-order chi connectivity index (χ0) is 7.66. The van der Waals surface area contributed by atoms with Crippen molar-refractivity contribution in [2.45, 2.75) is 45.4 Å². The van der Waals surface area contributed by atoms with Crippen molar-refractivity contribution in [1.82, 2.24) is 0 Å². The Kier molecular flexibility index (Phi) is 9.58. The summed E-state index contributed by atoms with van der Waals surface area (Å²) in [6, 6.07) is 0. The quantitative estimate of drug-likeness (QED) is 0.456. The van der Waals surface area contributed by atoms with Crippen molar-refractivity contribution < 1.29 is 0 Å². The first kappa shape index (κ1) is 10.3. The minimum absolute atomic E-state index is 1.26. The molecule has 0 spiro atoms. The first-order valence-corrected chi connectivity index (χ1v) is 5.29. The standard InChI is InChI=1S/C9H17As/c1-2-3-4-5-6-7-8-9-10/h8-9H,2-7H2,1H3/b9-8+. The molecule has 0 aromatic carbocycles. The van der Waals surface area contributed by atoms with Crippen LogP contribution in [0.25, 0.3) is 0 Å². The van der Waals surface area contributed by atoms with E-state index in [2.05, 4.69) is 34.7 Å². The summed E-state index contributed by atoms with van der Waals surface area (Å²) < 4.78 is 0. The molecule has 0 saturated heterocycles. The first-order chi connectivity index (χ1) is 4.91. The molecule has 58 valence electrons. The summed E-state index contributed by atoms with van der Waals surface area (Å²) in [5.74, 6) is 0. The van der Waals surface area contributed by atoms with Gasteiger partial charge in [-0.15, -0.1) is 0 Å². The van der Waals surface area contributed by atoms with Gasteiger partial charge in [-0.2, -0.15) is 0 Å². The molecule has 0 bridgehead atoms. The van der Waals surface area contributed by atoms with Gasteiger partial charge < -0.3 is 0 Å². The van der Waals surface area contributed by atoms with E-state index in [-0.39, 0.29) is 0 Å². The number of allylic oxidation sites excluding steroid dienone is 1. The van der Waals surface area contributed by atoms with Crippen molar-refractivity contribution in [3.05, 3.63) is 10.9 Å². The Morgan fingerprint density at radius 1 is 1.10 bits per heavy atom. The summed E-state index contributed by atoms with van der Waals surface area (Å²) in [6.45, 7) is 2.25. The summed E-state index contributed by atoms with van der Waals surface area (Å²) in [5.41, 5.74) is 0. The van der Waals surface area contributed by atoms with Crippen molar-refractivity contribution >= 4 is 16.9 Å². The van der Waals surface area contributed by atoms with Crippen molar-refractivity contribution in [1.29, 1.82) is 0 Å². The molecule has 0 amide bonds. The Bertz CT molecular complexity index is 76.8. The van der Waals surface area contributed by atoms with E-state index in [9.17, 15) is 0 Å². The van der Waals surface area contributed by atoms with Crippen LogP contribution in [0.1, 0.15) is 45.4 Å². The Hall–Kier alpha value is 0.298. The number of rotatable bonds is 6. The predicted molar refractivity (Wildman–Crippen MR) is 48.3 cm³/mol. The fourth-order valence-electron chi connectivity index (χ4n) is 0.940. The molecule has 0 aromatic rings. The molecule has 0 heterocycles. The van der Waals surface area contributed by atoms with Crippen LogP contribution in [0.2, 0.25) is 0 Å². The molecular weight excluding hydrogens is 183 g/mol. The molecule has 1 heteroatoms. The maximum absolute atomic E-state index is 2.48. The second kappa shape index (κ2) is 9.30. The minimum atomic E-state index is 1.26. The number of hydrogen-bond donors (Lipinski definition) is 0. The second-order valence-corrected chi connectivity index (χ2v) is 3.21. The topological polar surface area (TPSA) is 0 Å². The Morgan fingerprint density at radius 2 is 1.80 bits per heavy atom. The van der Waals surface area contributed by atoms with Gasteiger partial charge in [0.05, 0.1) is 0 Å². The van der Waals surface area contributed by atoms with Gasteiger partial charge in [0, 0.05) is 0 Å². The third kappa shape index (κ3) is 8.30. The molecule has 0 aliphatic carbocycles. The zero-order valence-electron chi connectivity index (χ0n) is 6.84. The van der Waals surface area contributed by atoms with E-state index in [4.69, 9.17) is 0 Å². The Labute approximate surface area is 73.6 Å². The molecule has 0 aromatic heterocycles. The van der Waals surface area contributed by atoms with Crippen LogP contribution in [-0.2, 0) is 0 Å². The average molecular weight is 200 g/mol. The van der Waals surface area contributed by atoms with Crippen LogP contribution < -0.4 is 0 Å². The normalized spacial score (nSPS) is 11.0. The summed E-state index contributed by atoms with van der Waals surface area (Å²) in [5, 5.41) is 0. The second-order valence-electron chi connectivity index (χ2n) is 2.59. The Morgan fingerprint density at radius 3 is 2.40 bits per heavy atom. The summed E-state index contributed by atoms with van der Waals surface area (Å²) in [4.78, 5) is 2.08. The van der Waals surface area contributed by atoms with Gasteiger partial charge in [0.2, 0.25) is 0 Å². The number of hydrogen-bond acceptors (Lipinski definition) is 0. The predicted octanol–water partition coefficient (Wildman–Crippen LogP) is 3.03. The molecular formula is C9H17As. The van der Waals surface area contributed by atoms with Crippen LogP contribution in [0.4, 0.5) is 0 Å². The molecule has 0 atom stereocenters. The van der Waals surface area contributed by atoms with E-state index in [1.54, 1.807) is 0 Å². The van der Waals surface area contributed by atoms with Gasteiger partial charge in [0.15, 0.2) is 0 Å². The van der Waals surface area contributed by atoms with Gasteiger partial charge in [-0.1, -0.05) is 0 Å². The molecule has 0 rings (SSSR count). The molecule has 2 radical (unpaired) electrons. The summed E-state index contributed by atoms with van der Waals surface area (Å²) >= 11 is 2.48. The number of unbranched alkanes of at least 4 members (excludes halogenated alkanes) is 5. The molecule has 0 unspecified atom stereocenters. The van der Waals surface area contributed by atoms with Crippen LogP contribution in [-0.4, -0.2) is 16.9 Å². The van der Waals surface area contributed by atoms with Crippen LogP contribution in [0.3, 0.4) is 0 Å². The van der Waals surface area contributed by atoms with Crippen molar-refractivity contribution in [2.24, 2.45) is 0 Å². The molecule has 0 aliphatic rings. The monoisotopic (exact) mass is 200 g/mol. The molecule has 0 aliphatic heterocycles. The van der Waals surface area contributed by atoms with E-state index in [0.29, 0.717) is 0 Å². The van der Waals surface area contributed by atoms with Crippen LogP contribution in [0.5, 0.6) is 0 Å². The molecule has 0 fully saturated rings. The van der Waals surface area contributed by atoms with Gasteiger partial charge in [0.25, 0.3) is 0 Å². The van der Waals surface area contributed by atoms with Gasteiger partial charge in [-0.3, -0.25) is 0 Å². The van der Waals surface area contributed by atoms with Crippen molar-refractivity contribution in [2.75, 3.05) is 0 Å². The van der Waals surface area contributed by atoms with E-state index in [1.807, 2.05) is 0 Å². The van der Waals surface area contributed by atoms with Crippen molar-refractivity contribution in [3.63, 3.8) is 0 Å².